The number of aromatic nitrogens is 3. The number of Topliss-reactive ketones (excluding diaryl/α,β-unsaturated/α-hetero) is 1. The number of nitrogens with zero attached hydrogens (tertiary/aromatic N) is 3. The van der Waals surface area contributed by atoms with E-state index in [4.69, 9.17) is 9.47 Å². The van der Waals surface area contributed by atoms with E-state index in [1.54, 1.807) is 30.5 Å². The number of ketones is 2. The number of fused-ring (bicyclic) bond motifs is 5. The van der Waals surface area contributed by atoms with Gasteiger partial charge in [-0.3, -0.25) is 14.4 Å². The van der Waals surface area contributed by atoms with Crippen LogP contribution in [0.1, 0.15) is 86.8 Å². The molecule has 3 fully saturated rings. The second-order valence-corrected chi connectivity index (χ2v) is 14.4. The van der Waals surface area contributed by atoms with E-state index >= 15 is 0 Å². The Labute approximate surface area is 276 Å². The van der Waals surface area contributed by atoms with E-state index in [1.807, 2.05) is 42.5 Å². The molecule has 8 nitrogen and oxygen atoms in total. The van der Waals surface area contributed by atoms with Gasteiger partial charge in [0.15, 0.2) is 5.78 Å². The van der Waals surface area contributed by atoms with E-state index in [0.717, 1.165) is 56.9 Å². The predicted molar refractivity (Wildman–Crippen MR) is 177 cm³/mol. The first-order chi connectivity index (χ1) is 22.7. The van der Waals surface area contributed by atoms with Crippen molar-refractivity contribution in [2.75, 3.05) is 0 Å². The third-order valence-corrected chi connectivity index (χ3v) is 11.7. The van der Waals surface area contributed by atoms with Crippen molar-refractivity contribution in [2.24, 2.45) is 28.6 Å². The summed E-state index contributed by atoms with van der Waals surface area (Å²) in [4.78, 5) is 37.9. The molecule has 1 heterocycles. The highest BCUT2D eigenvalue weighted by Crippen LogP contribution is 2.64. The summed E-state index contributed by atoms with van der Waals surface area (Å²) < 4.78 is 13.3. The first kappa shape index (κ1) is 31.3. The number of allylic oxidation sites excluding steroid dienone is 2. The molecule has 8 heteroatoms. The molecule has 4 aliphatic rings. The number of esters is 1. The van der Waals surface area contributed by atoms with Crippen molar-refractivity contribution < 1.29 is 23.9 Å². The van der Waals surface area contributed by atoms with Gasteiger partial charge in [-0.1, -0.05) is 79.3 Å². The largest absolute Gasteiger partial charge is 0.487 e. The van der Waals surface area contributed by atoms with Gasteiger partial charge >= 0.3 is 5.97 Å². The maximum atomic E-state index is 12.9. The van der Waals surface area contributed by atoms with Gasteiger partial charge in [0.05, 0.1) is 6.20 Å². The molecule has 2 aromatic carbocycles. The highest BCUT2D eigenvalue weighted by Gasteiger charge is 2.58. The maximum Gasteiger partial charge on any atom is 0.328 e. The molecule has 0 unspecified atom stereocenters. The number of carbonyl (C=O) groups is 3. The van der Waals surface area contributed by atoms with E-state index in [0.29, 0.717) is 40.5 Å². The van der Waals surface area contributed by atoms with Gasteiger partial charge in [0, 0.05) is 23.8 Å². The number of rotatable bonds is 9. The van der Waals surface area contributed by atoms with Crippen LogP contribution in [0.5, 0.6) is 5.75 Å². The van der Waals surface area contributed by atoms with Crippen molar-refractivity contribution in [1.29, 1.82) is 0 Å². The van der Waals surface area contributed by atoms with Crippen LogP contribution < -0.4 is 4.74 Å². The van der Waals surface area contributed by atoms with Crippen molar-refractivity contribution >= 4 is 23.6 Å². The Hall–Kier alpha value is -4.33. The van der Waals surface area contributed by atoms with Crippen LogP contribution in [0.25, 0.3) is 6.08 Å². The lowest BCUT2D eigenvalue weighted by Gasteiger charge is -2.56. The normalized spacial score (nSPS) is 29.8. The van der Waals surface area contributed by atoms with Crippen LogP contribution in [0, 0.1) is 28.6 Å². The predicted octanol–water partition coefficient (Wildman–Crippen LogP) is 7.20. The zero-order chi connectivity index (χ0) is 32.6. The van der Waals surface area contributed by atoms with Gasteiger partial charge in [-0.05, 0) is 85.5 Å². The summed E-state index contributed by atoms with van der Waals surface area (Å²) in [5, 5.41) is 8.27. The van der Waals surface area contributed by atoms with E-state index in [9.17, 15) is 14.4 Å². The molecule has 7 rings (SSSR count). The maximum absolute atomic E-state index is 12.9. The molecular weight excluding hydrogens is 590 g/mol. The molecule has 3 saturated carbocycles. The Morgan fingerprint density at radius 2 is 1.74 bits per heavy atom. The molecule has 0 radical (unpaired) electrons. The Balaban J connectivity index is 0.881. The van der Waals surface area contributed by atoms with Gasteiger partial charge in [-0.2, -0.15) is 0 Å². The van der Waals surface area contributed by atoms with Gasteiger partial charge < -0.3 is 9.47 Å². The van der Waals surface area contributed by atoms with E-state index in [-0.39, 0.29) is 41.8 Å². The average Bonchev–Trinajstić information content (AvgIpc) is 3.66. The quantitative estimate of drug-likeness (QED) is 0.106. The SMILES string of the molecule is C[C@]12CC[C@H](OC(=O)Cn3cc(COc4ccc(/C=C/C(=O)c5ccccc5)cc4)nn3)CC1=CC[C@@H]1[C@@H]2CC[C@]2(C)C(=O)CC[C@@H]12. The van der Waals surface area contributed by atoms with Gasteiger partial charge in [0.1, 0.15) is 36.5 Å². The first-order valence-corrected chi connectivity index (χ1v) is 17.0. The summed E-state index contributed by atoms with van der Waals surface area (Å²) >= 11 is 0. The third-order valence-electron chi connectivity index (χ3n) is 11.7. The lowest BCUT2D eigenvalue weighted by atomic mass is 9.48. The van der Waals surface area contributed by atoms with E-state index in [1.165, 1.54) is 10.3 Å². The van der Waals surface area contributed by atoms with Crippen molar-refractivity contribution in [1.82, 2.24) is 15.0 Å². The average molecular weight is 634 g/mol. The third kappa shape index (κ3) is 6.22. The molecular formula is C39H43N3O5. The topological polar surface area (TPSA) is 100 Å². The monoisotopic (exact) mass is 633 g/mol. The summed E-state index contributed by atoms with van der Waals surface area (Å²) in [6, 6.07) is 16.6. The molecule has 0 saturated heterocycles. The van der Waals surface area contributed by atoms with Gasteiger partial charge in [-0.15, -0.1) is 5.10 Å². The number of hydrogen-bond donors (Lipinski definition) is 0. The summed E-state index contributed by atoms with van der Waals surface area (Å²) in [5.74, 6) is 2.52. The minimum atomic E-state index is -0.308. The Bertz CT molecular complexity index is 1710. The smallest absolute Gasteiger partial charge is 0.328 e. The molecule has 0 aliphatic heterocycles. The van der Waals surface area contributed by atoms with Crippen LogP contribution in [0.4, 0.5) is 0 Å². The van der Waals surface area contributed by atoms with Crippen molar-refractivity contribution in [3.63, 3.8) is 0 Å². The highest BCUT2D eigenvalue weighted by atomic mass is 16.5. The molecule has 0 bridgehead atoms. The Morgan fingerprint density at radius 1 is 0.979 bits per heavy atom. The second kappa shape index (κ2) is 12.7. The standard InChI is InChI=1S/C39H43N3O5/c1-38-20-18-31(22-28(38)11-14-32-33-15-17-36(44)39(33,2)21-19-34(32)38)47-37(45)24-42-23-29(40-41-42)25-46-30-12-8-26(9-13-30)10-16-35(43)27-6-4-3-5-7-27/h3-13,16,23,31-34H,14-15,17-22,24-25H2,1-2H3/b16-10+/t31-,32-,33-,34-,38-,39-/m0/s1. The number of benzene rings is 2. The van der Waals surface area contributed by atoms with Gasteiger partial charge in [-0.25, -0.2) is 4.68 Å². The van der Waals surface area contributed by atoms with Crippen molar-refractivity contribution in [2.45, 2.75) is 84.5 Å². The second-order valence-electron chi connectivity index (χ2n) is 14.4. The van der Waals surface area contributed by atoms with Crippen molar-refractivity contribution in [3.8, 4) is 5.75 Å². The number of ether oxygens (including phenoxy) is 2. The lowest BCUT2D eigenvalue weighted by molar-refractivity contribution is -0.152. The van der Waals surface area contributed by atoms with Crippen LogP contribution >= 0.6 is 0 Å². The molecule has 0 N–H and O–H groups in total. The van der Waals surface area contributed by atoms with Crippen LogP contribution in [0.3, 0.4) is 0 Å². The summed E-state index contributed by atoms with van der Waals surface area (Å²) in [5.41, 5.74) is 3.62. The van der Waals surface area contributed by atoms with Crippen molar-refractivity contribution in [3.05, 3.63) is 95.3 Å². The summed E-state index contributed by atoms with van der Waals surface area (Å²) in [7, 11) is 0. The number of carbonyl (C=O) groups excluding carboxylic acids is 3. The van der Waals surface area contributed by atoms with Gasteiger partial charge in [0.2, 0.25) is 0 Å². The van der Waals surface area contributed by atoms with E-state index < -0.39 is 0 Å². The van der Waals surface area contributed by atoms with Crippen LogP contribution in [-0.4, -0.2) is 38.6 Å². The number of hydrogen-bond acceptors (Lipinski definition) is 7. The molecule has 6 atom stereocenters. The molecule has 1 aromatic heterocycles. The molecule has 244 valence electrons. The zero-order valence-corrected chi connectivity index (χ0v) is 27.3. The molecule has 47 heavy (non-hydrogen) atoms. The zero-order valence-electron chi connectivity index (χ0n) is 27.3. The molecule has 0 spiro atoms. The molecule has 4 aliphatic carbocycles. The fourth-order valence-corrected chi connectivity index (χ4v) is 9.04. The van der Waals surface area contributed by atoms with Crippen LogP contribution in [0.2, 0.25) is 0 Å². The first-order valence-electron chi connectivity index (χ1n) is 17.0. The Kier molecular flexibility index (Phi) is 8.45. The molecule has 0 amide bonds. The minimum absolute atomic E-state index is 0.00153. The fourth-order valence-electron chi connectivity index (χ4n) is 9.04. The van der Waals surface area contributed by atoms with E-state index in [2.05, 4.69) is 30.2 Å². The van der Waals surface area contributed by atoms with Crippen LogP contribution in [0.15, 0.2) is 78.5 Å². The van der Waals surface area contributed by atoms with Gasteiger partial charge in [0.25, 0.3) is 0 Å². The lowest BCUT2D eigenvalue weighted by Crippen LogP contribution is -2.50. The molecule has 3 aromatic rings. The fraction of sp³-hybridized carbons (Fsp3) is 0.462. The summed E-state index contributed by atoms with van der Waals surface area (Å²) in [6.07, 6.45) is 15.0. The highest BCUT2D eigenvalue weighted by molar-refractivity contribution is 6.06. The summed E-state index contributed by atoms with van der Waals surface area (Å²) in [6.45, 7) is 4.86. The Morgan fingerprint density at radius 3 is 2.55 bits per heavy atom. The minimum Gasteiger partial charge on any atom is -0.487 e. The van der Waals surface area contributed by atoms with Crippen LogP contribution in [-0.2, 0) is 27.5 Å².